The highest BCUT2D eigenvalue weighted by molar-refractivity contribution is 4.84. The molecule has 5 heteroatoms. The van der Waals surface area contributed by atoms with Gasteiger partial charge in [-0.25, -0.2) is 0 Å². The van der Waals surface area contributed by atoms with Crippen LogP contribution in [-0.2, 0) is 14.2 Å². The van der Waals surface area contributed by atoms with Gasteiger partial charge in [-0.05, 0) is 11.8 Å². The van der Waals surface area contributed by atoms with Gasteiger partial charge in [-0.2, -0.15) is 0 Å². The van der Waals surface area contributed by atoms with E-state index in [1.807, 2.05) is 27.7 Å². The highest BCUT2D eigenvalue weighted by Crippen LogP contribution is 2.26. The van der Waals surface area contributed by atoms with Crippen molar-refractivity contribution in [3.63, 3.8) is 0 Å². The summed E-state index contributed by atoms with van der Waals surface area (Å²) in [5, 5.41) is 19.0. The van der Waals surface area contributed by atoms with Crippen LogP contribution < -0.4 is 0 Å². The molecule has 0 aromatic heterocycles. The van der Waals surface area contributed by atoms with E-state index in [9.17, 15) is 5.11 Å². The van der Waals surface area contributed by atoms with Gasteiger partial charge >= 0.3 is 0 Å². The Hall–Kier alpha value is -0.200. The first-order chi connectivity index (χ1) is 8.95. The van der Waals surface area contributed by atoms with Gasteiger partial charge in [-0.3, -0.25) is 0 Å². The van der Waals surface area contributed by atoms with Crippen LogP contribution in [-0.4, -0.2) is 62.1 Å². The molecule has 0 rings (SSSR count). The van der Waals surface area contributed by atoms with Crippen LogP contribution in [0.4, 0.5) is 0 Å². The van der Waals surface area contributed by atoms with Gasteiger partial charge in [-0.1, -0.05) is 27.7 Å². The molecule has 5 nitrogen and oxygen atoms in total. The Balaban J connectivity index is 3.57. The Kier molecular flexibility index (Phi) is 10.5. The lowest BCUT2D eigenvalue weighted by molar-refractivity contribution is -0.112. The van der Waals surface area contributed by atoms with Crippen molar-refractivity contribution >= 4 is 0 Å². The fourth-order valence-electron chi connectivity index (χ4n) is 1.74. The average molecular weight is 278 g/mol. The van der Waals surface area contributed by atoms with Gasteiger partial charge in [0.15, 0.2) is 0 Å². The maximum atomic E-state index is 10.5. The molecule has 0 aliphatic rings. The van der Waals surface area contributed by atoms with Crippen molar-refractivity contribution in [2.24, 2.45) is 11.8 Å². The van der Waals surface area contributed by atoms with Crippen LogP contribution in [0.2, 0.25) is 0 Å². The standard InChI is InChI=1S/C14H30O5/c1-12(2)14(16,13(3)4)11-19-10-9-18-8-7-17-6-5-15/h12-13,15-16H,5-11H2,1-4H3. The number of aliphatic hydroxyl groups excluding tert-OH is 1. The minimum absolute atomic E-state index is 0.0338. The number of hydrogen-bond donors (Lipinski definition) is 2. The molecule has 0 aliphatic carbocycles. The second kappa shape index (κ2) is 10.6. The summed E-state index contributed by atoms with van der Waals surface area (Å²) in [7, 11) is 0. The van der Waals surface area contributed by atoms with Crippen molar-refractivity contribution in [2.45, 2.75) is 33.3 Å². The fourth-order valence-corrected chi connectivity index (χ4v) is 1.74. The van der Waals surface area contributed by atoms with Crippen LogP contribution in [0, 0.1) is 11.8 Å². The van der Waals surface area contributed by atoms with Gasteiger partial charge in [0.25, 0.3) is 0 Å². The molecule has 116 valence electrons. The first kappa shape index (κ1) is 18.8. The quantitative estimate of drug-likeness (QED) is 0.523. The Bertz CT molecular complexity index is 198. The zero-order valence-corrected chi connectivity index (χ0v) is 12.7. The molecule has 0 unspecified atom stereocenters. The van der Waals surface area contributed by atoms with E-state index in [0.29, 0.717) is 39.6 Å². The summed E-state index contributed by atoms with van der Waals surface area (Å²) >= 11 is 0. The summed E-state index contributed by atoms with van der Waals surface area (Å²) in [5.41, 5.74) is -0.787. The topological polar surface area (TPSA) is 68.2 Å². The fraction of sp³-hybridized carbons (Fsp3) is 1.00. The van der Waals surface area contributed by atoms with Crippen molar-refractivity contribution in [1.29, 1.82) is 0 Å². The van der Waals surface area contributed by atoms with Crippen molar-refractivity contribution in [3.05, 3.63) is 0 Å². The van der Waals surface area contributed by atoms with Gasteiger partial charge in [0.1, 0.15) is 0 Å². The first-order valence-electron chi connectivity index (χ1n) is 7.01. The third kappa shape index (κ3) is 7.84. The van der Waals surface area contributed by atoms with Crippen LogP contribution in [0.5, 0.6) is 0 Å². The number of rotatable bonds is 12. The van der Waals surface area contributed by atoms with Crippen molar-refractivity contribution < 1.29 is 24.4 Å². The van der Waals surface area contributed by atoms with E-state index >= 15 is 0 Å². The molecule has 0 fully saturated rings. The summed E-state index contributed by atoms with van der Waals surface area (Å²) in [6, 6.07) is 0. The van der Waals surface area contributed by atoms with Crippen molar-refractivity contribution in [3.8, 4) is 0 Å². The van der Waals surface area contributed by atoms with Crippen LogP contribution in [0.15, 0.2) is 0 Å². The third-order valence-corrected chi connectivity index (χ3v) is 3.31. The highest BCUT2D eigenvalue weighted by Gasteiger charge is 2.34. The number of ether oxygens (including phenoxy) is 3. The maximum Gasteiger partial charge on any atom is 0.0925 e. The molecule has 0 spiro atoms. The van der Waals surface area contributed by atoms with Gasteiger partial charge in [0.05, 0.1) is 51.8 Å². The van der Waals surface area contributed by atoms with Crippen LogP contribution in [0.1, 0.15) is 27.7 Å². The van der Waals surface area contributed by atoms with E-state index in [1.165, 1.54) is 0 Å². The molecule has 0 saturated heterocycles. The third-order valence-electron chi connectivity index (χ3n) is 3.31. The summed E-state index contributed by atoms with van der Waals surface area (Å²) < 4.78 is 15.8. The van der Waals surface area contributed by atoms with Crippen LogP contribution in [0.25, 0.3) is 0 Å². The van der Waals surface area contributed by atoms with E-state index in [4.69, 9.17) is 19.3 Å². The predicted octanol–water partition coefficient (Wildman–Crippen LogP) is 1.07. The molecule has 2 N–H and O–H groups in total. The molecule has 0 aromatic rings. The first-order valence-corrected chi connectivity index (χ1v) is 7.01. The zero-order chi connectivity index (χ0) is 14.7. The van der Waals surface area contributed by atoms with Crippen LogP contribution >= 0.6 is 0 Å². The molecular weight excluding hydrogens is 248 g/mol. The Morgan fingerprint density at radius 1 is 0.789 bits per heavy atom. The average Bonchev–Trinajstić information content (AvgIpc) is 2.36. The summed E-state index contributed by atoms with van der Waals surface area (Å²) in [4.78, 5) is 0. The second-order valence-electron chi connectivity index (χ2n) is 5.30. The van der Waals surface area contributed by atoms with Gasteiger partial charge < -0.3 is 24.4 Å². The minimum atomic E-state index is -0.787. The van der Waals surface area contributed by atoms with E-state index in [2.05, 4.69) is 0 Å². The van der Waals surface area contributed by atoms with Crippen LogP contribution in [0.3, 0.4) is 0 Å². The number of aliphatic hydroxyl groups is 2. The predicted molar refractivity (Wildman–Crippen MR) is 74.2 cm³/mol. The molecule has 0 heterocycles. The van der Waals surface area contributed by atoms with Gasteiger partial charge in [-0.15, -0.1) is 0 Å². The Morgan fingerprint density at radius 2 is 1.21 bits per heavy atom. The SMILES string of the molecule is CC(C)C(O)(COCCOCCOCCO)C(C)C. The largest absolute Gasteiger partial charge is 0.394 e. The van der Waals surface area contributed by atoms with E-state index in [-0.39, 0.29) is 18.4 Å². The molecular formula is C14H30O5. The second-order valence-corrected chi connectivity index (χ2v) is 5.30. The molecule has 19 heavy (non-hydrogen) atoms. The summed E-state index contributed by atoms with van der Waals surface area (Å²) in [5.74, 6) is 0.306. The molecule has 0 atom stereocenters. The maximum absolute atomic E-state index is 10.5. The normalized spacial score (nSPS) is 12.6. The molecule has 0 radical (unpaired) electrons. The number of hydrogen-bond acceptors (Lipinski definition) is 5. The lowest BCUT2D eigenvalue weighted by Crippen LogP contribution is -2.45. The zero-order valence-electron chi connectivity index (χ0n) is 12.7. The lowest BCUT2D eigenvalue weighted by Gasteiger charge is -2.35. The molecule has 0 aliphatic heterocycles. The Morgan fingerprint density at radius 3 is 1.63 bits per heavy atom. The molecule has 0 aromatic carbocycles. The van der Waals surface area contributed by atoms with Crippen molar-refractivity contribution in [1.82, 2.24) is 0 Å². The highest BCUT2D eigenvalue weighted by atomic mass is 16.5. The molecule has 0 bridgehead atoms. The smallest absolute Gasteiger partial charge is 0.0925 e. The van der Waals surface area contributed by atoms with E-state index < -0.39 is 5.60 Å². The molecule has 0 amide bonds. The Labute approximate surface area is 116 Å². The monoisotopic (exact) mass is 278 g/mol. The molecule has 0 saturated carbocycles. The summed E-state index contributed by atoms with van der Waals surface area (Å²) in [6.45, 7) is 10.6. The summed E-state index contributed by atoms with van der Waals surface area (Å²) in [6.07, 6.45) is 0. The minimum Gasteiger partial charge on any atom is -0.394 e. The van der Waals surface area contributed by atoms with Gasteiger partial charge in [0.2, 0.25) is 0 Å². The van der Waals surface area contributed by atoms with Crippen molar-refractivity contribution in [2.75, 3.05) is 46.2 Å². The van der Waals surface area contributed by atoms with E-state index in [1.54, 1.807) is 0 Å². The van der Waals surface area contributed by atoms with Gasteiger partial charge in [0, 0.05) is 0 Å². The van der Waals surface area contributed by atoms with E-state index in [0.717, 1.165) is 0 Å². The lowest BCUT2D eigenvalue weighted by atomic mass is 9.81.